The lowest BCUT2D eigenvalue weighted by Gasteiger charge is -2.08. The van der Waals surface area contributed by atoms with Crippen molar-refractivity contribution in [3.05, 3.63) is 23.9 Å². The van der Waals surface area contributed by atoms with E-state index in [0.29, 0.717) is 19.0 Å². The molecule has 3 aromatic rings. The molecule has 0 saturated carbocycles. The summed E-state index contributed by atoms with van der Waals surface area (Å²) in [6.45, 7) is 1.23. The van der Waals surface area contributed by atoms with Crippen LogP contribution in [0.5, 0.6) is 5.88 Å². The number of aliphatic hydroxyl groups is 1. The lowest BCUT2D eigenvalue weighted by molar-refractivity contribution is 0.310. The Labute approximate surface area is 119 Å². The van der Waals surface area contributed by atoms with Gasteiger partial charge < -0.3 is 15.2 Å². The third-order valence-electron chi connectivity index (χ3n) is 3.45. The SMILES string of the molecule is OCCNc1nc2c(c3c1sc1ncccc13)CCO2. The minimum atomic E-state index is 0.0737. The van der Waals surface area contributed by atoms with Gasteiger partial charge in [-0.25, -0.2) is 4.98 Å². The fraction of sp³-hybridized carbons (Fsp3) is 0.286. The van der Waals surface area contributed by atoms with Crippen LogP contribution in [0.4, 0.5) is 5.82 Å². The van der Waals surface area contributed by atoms with E-state index in [9.17, 15) is 0 Å². The Balaban J connectivity index is 2.06. The molecule has 0 bridgehead atoms. The lowest BCUT2D eigenvalue weighted by Crippen LogP contribution is -2.07. The molecule has 0 spiro atoms. The van der Waals surface area contributed by atoms with Crippen molar-refractivity contribution >= 4 is 37.5 Å². The van der Waals surface area contributed by atoms with Crippen LogP contribution >= 0.6 is 11.3 Å². The van der Waals surface area contributed by atoms with Crippen LogP contribution in [0.15, 0.2) is 18.3 Å². The monoisotopic (exact) mass is 287 g/mol. The van der Waals surface area contributed by atoms with E-state index in [1.807, 2.05) is 12.3 Å². The first-order valence-corrected chi connectivity index (χ1v) is 7.38. The molecule has 5 nitrogen and oxygen atoms in total. The van der Waals surface area contributed by atoms with E-state index in [4.69, 9.17) is 9.84 Å². The molecule has 20 heavy (non-hydrogen) atoms. The van der Waals surface area contributed by atoms with E-state index in [1.165, 1.54) is 10.9 Å². The maximum atomic E-state index is 9.00. The molecule has 3 aromatic heterocycles. The third-order valence-corrected chi connectivity index (χ3v) is 4.57. The van der Waals surface area contributed by atoms with Crippen molar-refractivity contribution in [1.29, 1.82) is 0 Å². The second-order valence-corrected chi connectivity index (χ2v) is 5.65. The Hall–Kier alpha value is -1.92. The van der Waals surface area contributed by atoms with E-state index in [0.717, 1.165) is 27.2 Å². The van der Waals surface area contributed by atoms with Gasteiger partial charge in [-0.3, -0.25) is 0 Å². The van der Waals surface area contributed by atoms with Gasteiger partial charge in [0.15, 0.2) is 0 Å². The maximum Gasteiger partial charge on any atom is 0.219 e. The molecule has 0 aliphatic carbocycles. The van der Waals surface area contributed by atoms with E-state index in [2.05, 4.69) is 21.4 Å². The first-order valence-electron chi connectivity index (χ1n) is 6.56. The van der Waals surface area contributed by atoms with Gasteiger partial charge in [0, 0.05) is 35.5 Å². The fourth-order valence-electron chi connectivity index (χ4n) is 2.62. The summed E-state index contributed by atoms with van der Waals surface area (Å²) in [6, 6.07) is 4.05. The third kappa shape index (κ3) is 1.65. The Kier molecular flexibility index (Phi) is 2.71. The minimum Gasteiger partial charge on any atom is -0.477 e. The van der Waals surface area contributed by atoms with Crippen LogP contribution in [0.1, 0.15) is 5.56 Å². The Morgan fingerprint density at radius 3 is 3.30 bits per heavy atom. The van der Waals surface area contributed by atoms with Gasteiger partial charge in [0.05, 0.1) is 17.9 Å². The molecule has 0 fully saturated rings. The number of nitrogens with one attached hydrogen (secondary N) is 1. The van der Waals surface area contributed by atoms with Crippen LogP contribution in [0.3, 0.4) is 0 Å². The van der Waals surface area contributed by atoms with Crippen molar-refractivity contribution in [2.24, 2.45) is 0 Å². The number of anilines is 1. The molecule has 102 valence electrons. The number of aliphatic hydroxyl groups excluding tert-OH is 1. The zero-order valence-electron chi connectivity index (χ0n) is 10.7. The largest absolute Gasteiger partial charge is 0.477 e. The molecule has 0 radical (unpaired) electrons. The predicted octanol–water partition coefficient (Wildman–Crippen LogP) is 2.18. The average molecular weight is 287 g/mol. The highest BCUT2D eigenvalue weighted by atomic mass is 32.1. The highest BCUT2D eigenvalue weighted by Gasteiger charge is 2.23. The van der Waals surface area contributed by atoms with Crippen molar-refractivity contribution < 1.29 is 9.84 Å². The van der Waals surface area contributed by atoms with Gasteiger partial charge in [-0.2, -0.15) is 4.98 Å². The Morgan fingerprint density at radius 2 is 2.40 bits per heavy atom. The summed E-state index contributed by atoms with van der Waals surface area (Å²) in [5, 5.41) is 14.5. The number of fused-ring (bicyclic) bond motifs is 5. The zero-order valence-corrected chi connectivity index (χ0v) is 11.5. The van der Waals surface area contributed by atoms with Crippen molar-refractivity contribution in [2.45, 2.75) is 6.42 Å². The Morgan fingerprint density at radius 1 is 1.45 bits per heavy atom. The van der Waals surface area contributed by atoms with Crippen molar-refractivity contribution in [3.8, 4) is 5.88 Å². The number of ether oxygens (including phenoxy) is 1. The molecular formula is C14H13N3O2S. The van der Waals surface area contributed by atoms with Crippen LogP contribution in [-0.4, -0.2) is 34.8 Å². The fourth-order valence-corrected chi connectivity index (χ4v) is 3.76. The molecule has 0 amide bonds. The van der Waals surface area contributed by atoms with Gasteiger partial charge in [0.1, 0.15) is 10.6 Å². The molecule has 1 aliphatic rings. The van der Waals surface area contributed by atoms with Crippen LogP contribution < -0.4 is 10.1 Å². The summed E-state index contributed by atoms with van der Waals surface area (Å²) >= 11 is 1.63. The highest BCUT2D eigenvalue weighted by Crippen LogP contribution is 2.43. The number of hydrogen-bond donors (Lipinski definition) is 2. The van der Waals surface area contributed by atoms with Crippen molar-refractivity contribution in [2.75, 3.05) is 25.1 Å². The van der Waals surface area contributed by atoms with Crippen LogP contribution in [-0.2, 0) is 6.42 Å². The second kappa shape index (κ2) is 4.57. The molecule has 4 heterocycles. The maximum absolute atomic E-state index is 9.00. The topological polar surface area (TPSA) is 67.3 Å². The summed E-state index contributed by atoms with van der Waals surface area (Å²) in [4.78, 5) is 10.0. The molecule has 6 heteroatoms. The van der Waals surface area contributed by atoms with Crippen LogP contribution in [0, 0.1) is 0 Å². The summed E-state index contributed by atoms with van der Waals surface area (Å²) in [6.07, 6.45) is 2.70. The summed E-state index contributed by atoms with van der Waals surface area (Å²) in [7, 11) is 0. The average Bonchev–Trinajstić information content (AvgIpc) is 3.07. The number of rotatable bonds is 3. The quantitative estimate of drug-likeness (QED) is 0.773. The minimum absolute atomic E-state index is 0.0737. The van der Waals surface area contributed by atoms with Gasteiger partial charge in [-0.15, -0.1) is 11.3 Å². The molecule has 1 aliphatic heterocycles. The molecule has 2 N–H and O–H groups in total. The van der Waals surface area contributed by atoms with E-state index in [1.54, 1.807) is 11.3 Å². The van der Waals surface area contributed by atoms with E-state index in [-0.39, 0.29) is 6.61 Å². The molecule has 0 unspecified atom stereocenters. The number of thiophene rings is 1. The first-order chi connectivity index (χ1) is 9.88. The van der Waals surface area contributed by atoms with Gasteiger partial charge in [0.2, 0.25) is 5.88 Å². The number of nitrogens with zero attached hydrogens (tertiary/aromatic N) is 2. The number of hydrogen-bond acceptors (Lipinski definition) is 6. The second-order valence-electron chi connectivity index (χ2n) is 4.66. The standard InChI is InChI=1S/C14H13N3O2S/c18-6-5-15-12-11-10(8-3-7-19-13(8)17-12)9-2-1-4-16-14(9)20-11/h1-2,4,18H,3,5-7H2,(H,15,17). The molecular weight excluding hydrogens is 274 g/mol. The lowest BCUT2D eigenvalue weighted by atomic mass is 10.1. The smallest absolute Gasteiger partial charge is 0.219 e. The van der Waals surface area contributed by atoms with E-state index >= 15 is 0 Å². The van der Waals surface area contributed by atoms with Gasteiger partial charge >= 0.3 is 0 Å². The first kappa shape index (κ1) is 11.9. The van der Waals surface area contributed by atoms with Crippen LogP contribution in [0.25, 0.3) is 20.3 Å². The molecule has 4 rings (SSSR count). The predicted molar refractivity (Wildman–Crippen MR) is 79.7 cm³/mol. The molecule has 0 aromatic carbocycles. The molecule has 0 atom stereocenters. The number of aromatic nitrogens is 2. The van der Waals surface area contributed by atoms with Gasteiger partial charge in [-0.1, -0.05) is 0 Å². The van der Waals surface area contributed by atoms with Crippen LogP contribution in [0.2, 0.25) is 0 Å². The number of pyridine rings is 2. The normalized spacial score (nSPS) is 13.7. The molecule has 0 saturated heterocycles. The Bertz CT molecular complexity index is 800. The van der Waals surface area contributed by atoms with Crippen molar-refractivity contribution in [3.63, 3.8) is 0 Å². The summed E-state index contributed by atoms with van der Waals surface area (Å²) in [5.41, 5.74) is 1.17. The zero-order chi connectivity index (χ0) is 13.5. The summed E-state index contributed by atoms with van der Waals surface area (Å²) in [5.74, 6) is 1.49. The van der Waals surface area contributed by atoms with Crippen molar-refractivity contribution in [1.82, 2.24) is 9.97 Å². The van der Waals surface area contributed by atoms with Gasteiger partial charge in [0.25, 0.3) is 0 Å². The van der Waals surface area contributed by atoms with E-state index < -0.39 is 0 Å². The highest BCUT2D eigenvalue weighted by molar-refractivity contribution is 7.26. The van der Waals surface area contributed by atoms with Gasteiger partial charge in [-0.05, 0) is 12.1 Å². The summed E-state index contributed by atoms with van der Waals surface area (Å²) < 4.78 is 6.71.